The van der Waals surface area contributed by atoms with E-state index in [1.165, 1.54) is 6.33 Å². The van der Waals surface area contributed by atoms with Gasteiger partial charge in [0, 0.05) is 19.2 Å². The van der Waals surface area contributed by atoms with E-state index in [9.17, 15) is 4.79 Å². The number of aromatic nitrogens is 2. The number of hydrogen-bond acceptors (Lipinski definition) is 6. The normalized spacial score (nSPS) is 17.3. The van der Waals surface area contributed by atoms with Crippen LogP contribution in [0.4, 0.5) is 11.6 Å². The second-order valence-electron chi connectivity index (χ2n) is 4.13. The number of carbonyl (C=O) groups is 1. The Morgan fingerprint density at radius 2 is 2.22 bits per heavy atom. The minimum atomic E-state index is -0.350. The highest BCUT2D eigenvalue weighted by Gasteiger charge is 2.22. The van der Waals surface area contributed by atoms with E-state index in [-0.39, 0.29) is 11.9 Å². The third-order valence-electron chi connectivity index (χ3n) is 2.75. The summed E-state index contributed by atoms with van der Waals surface area (Å²) in [5, 5.41) is 3.02. The molecule has 3 N–H and O–H groups in total. The van der Waals surface area contributed by atoms with E-state index in [0.717, 1.165) is 0 Å². The maximum absolute atomic E-state index is 12.1. The molecule has 1 fully saturated rings. The van der Waals surface area contributed by atoms with Crippen LogP contribution in [-0.4, -0.2) is 53.1 Å². The van der Waals surface area contributed by atoms with Gasteiger partial charge in [-0.05, 0) is 6.92 Å². The molecule has 1 aromatic heterocycles. The van der Waals surface area contributed by atoms with Crippen molar-refractivity contribution in [2.24, 2.45) is 0 Å². The number of nitrogen functional groups attached to an aromatic ring is 1. The molecule has 0 saturated carbocycles. The van der Waals surface area contributed by atoms with Crippen LogP contribution in [-0.2, 0) is 9.53 Å². The molecule has 1 aromatic rings. The first-order chi connectivity index (χ1) is 8.66. The van der Waals surface area contributed by atoms with Crippen LogP contribution in [0.5, 0.6) is 0 Å². The third-order valence-corrected chi connectivity index (χ3v) is 2.75. The van der Waals surface area contributed by atoms with Crippen LogP contribution in [0.3, 0.4) is 0 Å². The molecule has 0 bridgehead atoms. The van der Waals surface area contributed by atoms with E-state index in [4.69, 9.17) is 10.5 Å². The second kappa shape index (κ2) is 5.63. The Balaban J connectivity index is 1.94. The molecule has 1 amide bonds. The number of ether oxygens (including phenoxy) is 1. The molecule has 1 aliphatic rings. The molecule has 1 saturated heterocycles. The Morgan fingerprint density at radius 1 is 1.50 bits per heavy atom. The number of nitrogens with two attached hydrogens (primary N) is 1. The molecule has 1 unspecified atom stereocenters. The summed E-state index contributed by atoms with van der Waals surface area (Å²) in [4.78, 5) is 21.7. The fourth-order valence-corrected chi connectivity index (χ4v) is 1.79. The van der Waals surface area contributed by atoms with E-state index in [2.05, 4.69) is 15.3 Å². The van der Waals surface area contributed by atoms with E-state index >= 15 is 0 Å². The summed E-state index contributed by atoms with van der Waals surface area (Å²) in [6, 6.07) is 1.25. The zero-order valence-electron chi connectivity index (χ0n) is 10.3. The fraction of sp³-hybridized carbons (Fsp3) is 0.545. The smallest absolute Gasteiger partial charge is 0.244 e. The number of amides is 1. The van der Waals surface area contributed by atoms with Gasteiger partial charge in [-0.15, -0.1) is 0 Å². The lowest BCUT2D eigenvalue weighted by Gasteiger charge is -2.29. The van der Waals surface area contributed by atoms with Gasteiger partial charge >= 0.3 is 0 Å². The molecule has 1 aliphatic heterocycles. The SMILES string of the molecule is CC(Nc1cc(N)ncn1)C(=O)N1CCOCC1. The summed E-state index contributed by atoms with van der Waals surface area (Å²) in [7, 11) is 0. The standard InChI is InChI=1S/C11H17N5O2/c1-8(11(17)16-2-4-18-5-3-16)15-10-6-9(12)13-7-14-10/h6-8H,2-5H2,1H3,(H3,12,13,14,15). The topological polar surface area (TPSA) is 93.4 Å². The molecule has 0 aromatic carbocycles. The Kier molecular flexibility index (Phi) is 3.93. The zero-order valence-corrected chi connectivity index (χ0v) is 10.3. The first kappa shape index (κ1) is 12.6. The lowest BCUT2D eigenvalue weighted by atomic mass is 10.2. The van der Waals surface area contributed by atoms with E-state index in [1.807, 2.05) is 0 Å². The predicted octanol–water partition coefficient (Wildman–Crippen LogP) is -0.282. The molecule has 7 heteroatoms. The van der Waals surface area contributed by atoms with Gasteiger partial charge in [0.15, 0.2) is 0 Å². The van der Waals surface area contributed by atoms with Gasteiger partial charge in [-0.2, -0.15) is 0 Å². The van der Waals surface area contributed by atoms with Gasteiger partial charge in [0.05, 0.1) is 13.2 Å². The van der Waals surface area contributed by atoms with E-state index in [1.54, 1.807) is 17.9 Å². The maximum Gasteiger partial charge on any atom is 0.244 e. The number of anilines is 2. The van der Waals surface area contributed by atoms with Gasteiger partial charge in [-0.25, -0.2) is 9.97 Å². The van der Waals surface area contributed by atoms with E-state index in [0.29, 0.717) is 37.9 Å². The Bertz CT molecular complexity index is 420. The highest BCUT2D eigenvalue weighted by molar-refractivity contribution is 5.84. The summed E-state index contributed by atoms with van der Waals surface area (Å²) >= 11 is 0. The Labute approximate surface area is 105 Å². The van der Waals surface area contributed by atoms with Gasteiger partial charge in [-0.3, -0.25) is 4.79 Å². The number of rotatable bonds is 3. The monoisotopic (exact) mass is 251 g/mol. The highest BCUT2D eigenvalue weighted by Crippen LogP contribution is 2.09. The number of morpholine rings is 1. The first-order valence-electron chi connectivity index (χ1n) is 5.87. The Hall–Kier alpha value is -1.89. The van der Waals surface area contributed by atoms with Crippen LogP contribution in [0, 0.1) is 0 Å². The van der Waals surface area contributed by atoms with Gasteiger partial charge in [0.25, 0.3) is 0 Å². The van der Waals surface area contributed by atoms with Crippen molar-refractivity contribution in [1.29, 1.82) is 0 Å². The largest absolute Gasteiger partial charge is 0.384 e. The molecule has 1 atom stereocenters. The van der Waals surface area contributed by atoms with Crippen molar-refractivity contribution in [3.05, 3.63) is 12.4 Å². The van der Waals surface area contributed by atoms with Crippen molar-refractivity contribution in [2.45, 2.75) is 13.0 Å². The van der Waals surface area contributed by atoms with Crippen molar-refractivity contribution in [2.75, 3.05) is 37.4 Å². The van der Waals surface area contributed by atoms with Gasteiger partial charge < -0.3 is 20.7 Å². The van der Waals surface area contributed by atoms with Crippen molar-refractivity contribution >= 4 is 17.5 Å². The third kappa shape index (κ3) is 3.07. The molecule has 2 rings (SSSR count). The Morgan fingerprint density at radius 3 is 2.89 bits per heavy atom. The summed E-state index contributed by atoms with van der Waals surface area (Å²) in [5.41, 5.74) is 5.55. The van der Waals surface area contributed by atoms with Crippen LogP contribution < -0.4 is 11.1 Å². The van der Waals surface area contributed by atoms with Crippen molar-refractivity contribution in [3.63, 3.8) is 0 Å². The lowest BCUT2D eigenvalue weighted by molar-refractivity contribution is -0.135. The zero-order chi connectivity index (χ0) is 13.0. The van der Waals surface area contributed by atoms with Crippen molar-refractivity contribution < 1.29 is 9.53 Å². The summed E-state index contributed by atoms with van der Waals surface area (Å²) in [5.74, 6) is 0.964. The minimum Gasteiger partial charge on any atom is -0.384 e. The molecular formula is C11H17N5O2. The van der Waals surface area contributed by atoms with Gasteiger partial charge in [0.1, 0.15) is 24.0 Å². The average molecular weight is 251 g/mol. The second-order valence-corrected chi connectivity index (χ2v) is 4.13. The summed E-state index contributed by atoms with van der Waals surface area (Å²) in [6.07, 6.45) is 1.36. The minimum absolute atomic E-state index is 0.0375. The van der Waals surface area contributed by atoms with Crippen LogP contribution in [0.1, 0.15) is 6.92 Å². The molecule has 98 valence electrons. The summed E-state index contributed by atoms with van der Waals surface area (Å²) in [6.45, 7) is 4.27. The van der Waals surface area contributed by atoms with E-state index < -0.39 is 0 Å². The van der Waals surface area contributed by atoms with Crippen LogP contribution in [0.25, 0.3) is 0 Å². The lowest BCUT2D eigenvalue weighted by Crippen LogP contribution is -2.47. The molecule has 2 heterocycles. The quantitative estimate of drug-likeness (QED) is 0.767. The number of nitrogens with one attached hydrogen (secondary N) is 1. The molecule has 7 nitrogen and oxygen atoms in total. The number of carbonyl (C=O) groups excluding carboxylic acids is 1. The molecule has 0 radical (unpaired) electrons. The van der Waals surface area contributed by atoms with Gasteiger partial charge in [0.2, 0.25) is 5.91 Å². The predicted molar refractivity (Wildman–Crippen MR) is 66.9 cm³/mol. The number of hydrogen-bond donors (Lipinski definition) is 2. The molecule has 0 aliphatic carbocycles. The number of nitrogens with zero attached hydrogens (tertiary/aromatic N) is 3. The molecular weight excluding hydrogens is 234 g/mol. The average Bonchev–Trinajstić information content (AvgIpc) is 2.39. The van der Waals surface area contributed by atoms with Crippen molar-refractivity contribution in [3.8, 4) is 0 Å². The fourth-order valence-electron chi connectivity index (χ4n) is 1.79. The van der Waals surface area contributed by atoms with Crippen LogP contribution in [0.2, 0.25) is 0 Å². The maximum atomic E-state index is 12.1. The summed E-state index contributed by atoms with van der Waals surface area (Å²) < 4.78 is 5.21. The van der Waals surface area contributed by atoms with Crippen LogP contribution >= 0.6 is 0 Å². The molecule has 18 heavy (non-hydrogen) atoms. The molecule has 0 spiro atoms. The highest BCUT2D eigenvalue weighted by atomic mass is 16.5. The van der Waals surface area contributed by atoms with Crippen molar-refractivity contribution in [1.82, 2.24) is 14.9 Å². The first-order valence-corrected chi connectivity index (χ1v) is 5.87. The van der Waals surface area contributed by atoms with Crippen LogP contribution in [0.15, 0.2) is 12.4 Å². The van der Waals surface area contributed by atoms with Gasteiger partial charge in [-0.1, -0.05) is 0 Å².